The Bertz CT molecular complexity index is 195. The molecule has 15 heavy (non-hydrogen) atoms. The highest BCUT2D eigenvalue weighted by molar-refractivity contribution is 6.30. The number of alkyl halides is 1. The number of unbranched alkanes of at least 4 members (excludes halogenated alkanes) is 1. The molecule has 1 heterocycles. The molecule has 2 unspecified atom stereocenters. The van der Waals surface area contributed by atoms with Crippen molar-refractivity contribution in [1.29, 1.82) is 0 Å². The molecule has 1 saturated heterocycles. The molecule has 1 aliphatic rings. The van der Waals surface area contributed by atoms with Crippen LogP contribution in [0.5, 0.6) is 0 Å². The van der Waals surface area contributed by atoms with Crippen LogP contribution in [-0.4, -0.2) is 43.8 Å². The average Bonchev–Trinajstić information content (AvgIpc) is 2.99. The van der Waals surface area contributed by atoms with Crippen LogP contribution in [0.1, 0.15) is 19.8 Å². The minimum atomic E-state index is -0.451. The van der Waals surface area contributed by atoms with Crippen molar-refractivity contribution in [3.63, 3.8) is 0 Å². The summed E-state index contributed by atoms with van der Waals surface area (Å²) in [6.45, 7) is 4.59. The van der Waals surface area contributed by atoms with Crippen LogP contribution in [0.3, 0.4) is 0 Å². The van der Waals surface area contributed by atoms with Gasteiger partial charge in [0, 0.05) is 13.2 Å². The van der Waals surface area contributed by atoms with Gasteiger partial charge >= 0.3 is 0 Å². The first-order chi connectivity index (χ1) is 7.20. The van der Waals surface area contributed by atoms with Crippen LogP contribution in [0.2, 0.25) is 0 Å². The van der Waals surface area contributed by atoms with E-state index in [-0.39, 0.29) is 5.91 Å². The molecule has 0 spiro atoms. The van der Waals surface area contributed by atoms with E-state index in [0.717, 1.165) is 26.1 Å². The van der Waals surface area contributed by atoms with E-state index in [4.69, 9.17) is 21.1 Å². The Kier molecular flexibility index (Phi) is 5.98. The number of halogens is 1. The molecule has 2 atom stereocenters. The molecule has 0 aromatic carbocycles. The molecule has 0 aliphatic carbocycles. The fraction of sp³-hybridized carbons (Fsp3) is 0.900. The third-order valence-corrected chi connectivity index (χ3v) is 2.28. The Morgan fingerprint density at radius 3 is 3.00 bits per heavy atom. The van der Waals surface area contributed by atoms with Gasteiger partial charge in [0.2, 0.25) is 5.91 Å². The van der Waals surface area contributed by atoms with Crippen molar-refractivity contribution in [2.24, 2.45) is 0 Å². The first kappa shape index (κ1) is 12.7. The van der Waals surface area contributed by atoms with Gasteiger partial charge in [-0.15, -0.1) is 11.6 Å². The molecule has 1 amide bonds. The fourth-order valence-corrected chi connectivity index (χ4v) is 1.14. The van der Waals surface area contributed by atoms with Crippen molar-refractivity contribution in [2.45, 2.75) is 31.2 Å². The number of hydrogen-bond acceptors (Lipinski definition) is 3. The van der Waals surface area contributed by atoms with Gasteiger partial charge in [0.1, 0.15) is 11.5 Å². The summed E-state index contributed by atoms with van der Waals surface area (Å²) in [5.74, 6) is -0.107. The van der Waals surface area contributed by atoms with E-state index < -0.39 is 5.38 Å². The topological polar surface area (TPSA) is 50.9 Å². The number of carbonyl (C=O) groups is 1. The van der Waals surface area contributed by atoms with Crippen molar-refractivity contribution in [1.82, 2.24) is 5.32 Å². The number of epoxide rings is 1. The van der Waals surface area contributed by atoms with Crippen LogP contribution in [0, 0.1) is 0 Å². The minimum Gasteiger partial charge on any atom is -0.379 e. The molecule has 4 nitrogen and oxygen atoms in total. The summed E-state index contributed by atoms with van der Waals surface area (Å²) < 4.78 is 10.3. The summed E-state index contributed by atoms with van der Waals surface area (Å²) in [5.41, 5.74) is 0. The minimum absolute atomic E-state index is 0.107. The lowest BCUT2D eigenvalue weighted by molar-refractivity contribution is -0.120. The lowest BCUT2D eigenvalue weighted by atomic mass is 10.3. The van der Waals surface area contributed by atoms with E-state index in [2.05, 4.69) is 5.32 Å². The number of carbonyl (C=O) groups excluding carboxylic acids is 1. The molecule has 1 N–H and O–H groups in total. The van der Waals surface area contributed by atoms with Crippen LogP contribution in [0.15, 0.2) is 0 Å². The molecular weight excluding hydrogens is 218 g/mol. The molecule has 0 saturated carbocycles. The van der Waals surface area contributed by atoms with Gasteiger partial charge < -0.3 is 14.8 Å². The van der Waals surface area contributed by atoms with Crippen LogP contribution in [0.25, 0.3) is 0 Å². The molecule has 5 heteroatoms. The van der Waals surface area contributed by atoms with Gasteiger partial charge in [-0.1, -0.05) is 0 Å². The summed E-state index contributed by atoms with van der Waals surface area (Å²) in [6.07, 6.45) is 2.20. The van der Waals surface area contributed by atoms with Crippen molar-refractivity contribution in [3.05, 3.63) is 0 Å². The summed E-state index contributed by atoms with van der Waals surface area (Å²) in [4.78, 5) is 11.0. The highest BCUT2D eigenvalue weighted by Crippen LogP contribution is 2.08. The van der Waals surface area contributed by atoms with E-state index in [1.54, 1.807) is 6.92 Å². The van der Waals surface area contributed by atoms with E-state index in [9.17, 15) is 4.79 Å². The van der Waals surface area contributed by atoms with Crippen molar-refractivity contribution in [2.75, 3.05) is 26.4 Å². The molecule has 88 valence electrons. The van der Waals surface area contributed by atoms with Crippen LogP contribution in [-0.2, 0) is 14.3 Å². The Labute approximate surface area is 95.3 Å². The van der Waals surface area contributed by atoms with E-state index >= 15 is 0 Å². The number of amides is 1. The third-order valence-electron chi connectivity index (χ3n) is 2.08. The average molecular weight is 236 g/mol. The maximum atomic E-state index is 11.0. The second kappa shape index (κ2) is 7.04. The molecule has 0 radical (unpaired) electrons. The lowest BCUT2D eigenvalue weighted by Gasteiger charge is -2.06. The van der Waals surface area contributed by atoms with E-state index in [0.29, 0.717) is 19.3 Å². The van der Waals surface area contributed by atoms with Gasteiger partial charge in [-0.25, -0.2) is 0 Å². The first-order valence-corrected chi connectivity index (χ1v) is 5.75. The van der Waals surface area contributed by atoms with E-state index in [1.807, 2.05) is 0 Å². The predicted molar refractivity (Wildman–Crippen MR) is 58.1 cm³/mol. The smallest absolute Gasteiger partial charge is 0.237 e. The summed E-state index contributed by atoms with van der Waals surface area (Å²) in [5, 5.41) is 2.29. The second-order valence-electron chi connectivity index (χ2n) is 3.64. The SMILES string of the molecule is CC(Cl)C(=O)NCCCCOCC1CO1. The zero-order valence-electron chi connectivity index (χ0n) is 9.00. The highest BCUT2D eigenvalue weighted by atomic mass is 35.5. The normalized spacial score (nSPS) is 21.1. The number of ether oxygens (including phenoxy) is 2. The number of rotatable bonds is 8. The first-order valence-electron chi connectivity index (χ1n) is 5.31. The molecule has 1 fully saturated rings. The number of nitrogens with one attached hydrogen (secondary N) is 1. The molecule has 0 aromatic rings. The van der Waals surface area contributed by atoms with Gasteiger partial charge in [0.25, 0.3) is 0 Å². The van der Waals surface area contributed by atoms with Gasteiger partial charge in [0.15, 0.2) is 0 Å². The van der Waals surface area contributed by atoms with Gasteiger partial charge in [-0.05, 0) is 19.8 Å². The standard InChI is InChI=1S/C10H18ClNO3/c1-8(11)10(13)12-4-2-3-5-14-6-9-7-15-9/h8-9H,2-7H2,1H3,(H,12,13). The predicted octanol–water partition coefficient (Wildman–Crippen LogP) is 0.925. The maximum absolute atomic E-state index is 11.0. The van der Waals surface area contributed by atoms with Crippen molar-refractivity contribution >= 4 is 17.5 Å². The van der Waals surface area contributed by atoms with Crippen LogP contribution >= 0.6 is 11.6 Å². The summed E-state index contributed by atoms with van der Waals surface area (Å²) in [6, 6.07) is 0. The molecule has 1 aliphatic heterocycles. The van der Waals surface area contributed by atoms with Crippen molar-refractivity contribution < 1.29 is 14.3 Å². The number of hydrogen-bond donors (Lipinski definition) is 1. The molecule has 0 aromatic heterocycles. The zero-order chi connectivity index (χ0) is 11.1. The third kappa shape index (κ3) is 6.71. The van der Waals surface area contributed by atoms with Gasteiger partial charge in [-0.2, -0.15) is 0 Å². The van der Waals surface area contributed by atoms with Crippen LogP contribution < -0.4 is 5.32 Å². The Morgan fingerprint density at radius 2 is 2.40 bits per heavy atom. The quantitative estimate of drug-likeness (QED) is 0.387. The Hall–Kier alpha value is -0.320. The Morgan fingerprint density at radius 1 is 1.67 bits per heavy atom. The highest BCUT2D eigenvalue weighted by Gasteiger charge is 2.21. The van der Waals surface area contributed by atoms with E-state index in [1.165, 1.54) is 0 Å². The molecular formula is C10H18ClNO3. The van der Waals surface area contributed by atoms with Crippen molar-refractivity contribution in [3.8, 4) is 0 Å². The summed E-state index contributed by atoms with van der Waals surface area (Å²) in [7, 11) is 0. The maximum Gasteiger partial charge on any atom is 0.237 e. The Balaban J connectivity index is 1.77. The zero-order valence-corrected chi connectivity index (χ0v) is 9.76. The summed E-state index contributed by atoms with van der Waals surface area (Å²) >= 11 is 5.58. The second-order valence-corrected chi connectivity index (χ2v) is 4.30. The van der Waals surface area contributed by atoms with Gasteiger partial charge in [0.05, 0.1) is 13.2 Å². The van der Waals surface area contributed by atoms with Gasteiger partial charge in [-0.3, -0.25) is 4.79 Å². The largest absolute Gasteiger partial charge is 0.379 e. The lowest BCUT2D eigenvalue weighted by Crippen LogP contribution is -2.30. The van der Waals surface area contributed by atoms with Crippen LogP contribution in [0.4, 0.5) is 0 Å². The monoisotopic (exact) mass is 235 g/mol. The molecule has 0 bridgehead atoms. The fourth-order valence-electron chi connectivity index (χ4n) is 1.06. The molecule has 1 rings (SSSR count).